The van der Waals surface area contributed by atoms with Crippen molar-refractivity contribution in [3.8, 4) is 0 Å². The van der Waals surface area contributed by atoms with Crippen molar-refractivity contribution >= 4 is 0 Å². The third kappa shape index (κ3) is 4.04. The molecule has 2 N–H and O–H groups in total. The van der Waals surface area contributed by atoms with Crippen molar-refractivity contribution in [1.29, 1.82) is 0 Å². The van der Waals surface area contributed by atoms with Crippen LogP contribution in [0.15, 0.2) is 0 Å². The monoisotopic (exact) mass is 226 g/mol. The highest BCUT2D eigenvalue weighted by Gasteiger charge is 2.34. The molecule has 0 saturated heterocycles. The van der Waals surface area contributed by atoms with Gasteiger partial charge < -0.3 is 10.4 Å². The maximum absolute atomic E-state index is 9.07. The Labute approximate surface area is 99.2 Å². The van der Waals surface area contributed by atoms with Crippen molar-refractivity contribution in [3.63, 3.8) is 0 Å². The van der Waals surface area contributed by atoms with E-state index >= 15 is 0 Å². The number of aliphatic hydroxyl groups is 1. The van der Waals surface area contributed by atoms with Crippen LogP contribution in [0.2, 0.25) is 0 Å². The normalized spacial score (nSPS) is 22.7. The van der Waals surface area contributed by atoms with Gasteiger partial charge in [-0.25, -0.2) is 0 Å². The van der Waals surface area contributed by atoms with Gasteiger partial charge in [0.25, 0.3) is 0 Å². The Hall–Kier alpha value is -0.120. The molecule has 0 spiro atoms. The van der Waals surface area contributed by atoms with Crippen LogP contribution in [0, 0.1) is 5.92 Å². The topological polar surface area (TPSA) is 35.5 Å². The van der Waals surface area contributed by atoms with Gasteiger partial charge in [0, 0.05) is 31.8 Å². The van der Waals surface area contributed by atoms with Gasteiger partial charge in [0.2, 0.25) is 0 Å². The first-order valence-electron chi connectivity index (χ1n) is 6.91. The molecule has 2 aliphatic rings. The van der Waals surface area contributed by atoms with Gasteiger partial charge in [0.05, 0.1) is 0 Å². The Morgan fingerprint density at radius 2 is 2.06 bits per heavy atom. The fourth-order valence-electron chi connectivity index (χ4n) is 2.43. The fraction of sp³-hybridized carbons (Fsp3) is 1.00. The van der Waals surface area contributed by atoms with E-state index in [0.29, 0.717) is 12.6 Å². The third-order valence-corrected chi connectivity index (χ3v) is 3.68. The molecule has 2 aliphatic carbocycles. The largest absolute Gasteiger partial charge is 0.396 e. The Kier molecular flexibility index (Phi) is 4.62. The van der Waals surface area contributed by atoms with Crippen LogP contribution in [0.1, 0.15) is 39.0 Å². The second-order valence-corrected chi connectivity index (χ2v) is 5.40. The highest BCUT2D eigenvalue weighted by molar-refractivity contribution is 4.90. The van der Waals surface area contributed by atoms with Crippen molar-refractivity contribution in [3.05, 3.63) is 0 Å². The Balaban J connectivity index is 1.76. The van der Waals surface area contributed by atoms with Gasteiger partial charge in [-0.2, -0.15) is 0 Å². The van der Waals surface area contributed by atoms with Crippen LogP contribution in [0.25, 0.3) is 0 Å². The minimum absolute atomic E-state index is 0.305. The first-order chi connectivity index (χ1) is 7.83. The lowest BCUT2D eigenvalue weighted by molar-refractivity contribution is 0.197. The predicted molar refractivity (Wildman–Crippen MR) is 66.5 cm³/mol. The van der Waals surface area contributed by atoms with Crippen molar-refractivity contribution in [2.75, 3.05) is 26.2 Å². The summed E-state index contributed by atoms with van der Waals surface area (Å²) in [6.07, 6.45) is 6.56. The smallest absolute Gasteiger partial charge is 0.0446 e. The molecule has 0 bridgehead atoms. The maximum Gasteiger partial charge on any atom is 0.0446 e. The number of aliphatic hydroxyl groups excluding tert-OH is 1. The van der Waals surface area contributed by atoms with E-state index in [-0.39, 0.29) is 0 Å². The van der Waals surface area contributed by atoms with Crippen molar-refractivity contribution < 1.29 is 5.11 Å². The first kappa shape index (κ1) is 12.3. The van der Waals surface area contributed by atoms with Crippen LogP contribution in [-0.2, 0) is 0 Å². The molecule has 0 amide bonds. The number of nitrogens with one attached hydrogen (secondary N) is 1. The van der Waals surface area contributed by atoms with Gasteiger partial charge in [-0.3, -0.25) is 4.90 Å². The third-order valence-electron chi connectivity index (χ3n) is 3.68. The van der Waals surface area contributed by atoms with Gasteiger partial charge in [-0.1, -0.05) is 6.92 Å². The van der Waals surface area contributed by atoms with Crippen LogP contribution < -0.4 is 5.32 Å². The molecule has 0 aromatic rings. The van der Waals surface area contributed by atoms with Gasteiger partial charge in [-0.15, -0.1) is 0 Å². The first-order valence-corrected chi connectivity index (χ1v) is 6.91. The Morgan fingerprint density at radius 1 is 1.31 bits per heavy atom. The quantitative estimate of drug-likeness (QED) is 0.620. The molecule has 94 valence electrons. The van der Waals surface area contributed by atoms with E-state index in [0.717, 1.165) is 31.5 Å². The molecule has 3 nitrogen and oxygen atoms in total. The van der Waals surface area contributed by atoms with Crippen LogP contribution in [-0.4, -0.2) is 48.3 Å². The number of rotatable bonds is 9. The summed E-state index contributed by atoms with van der Waals surface area (Å²) in [4.78, 5) is 2.67. The van der Waals surface area contributed by atoms with Crippen LogP contribution >= 0.6 is 0 Å². The molecule has 0 aromatic carbocycles. The fourth-order valence-corrected chi connectivity index (χ4v) is 2.43. The number of hydrogen-bond donors (Lipinski definition) is 2. The molecule has 0 radical (unpaired) electrons. The van der Waals surface area contributed by atoms with Crippen molar-refractivity contribution in [1.82, 2.24) is 10.2 Å². The molecule has 2 rings (SSSR count). The van der Waals surface area contributed by atoms with E-state index in [1.807, 2.05) is 0 Å². The van der Waals surface area contributed by atoms with Crippen LogP contribution in [0.3, 0.4) is 0 Å². The zero-order valence-corrected chi connectivity index (χ0v) is 10.5. The van der Waals surface area contributed by atoms with Crippen molar-refractivity contribution in [2.45, 2.75) is 51.1 Å². The maximum atomic E-state index is 9.07. The summed E-state index contributed by atoms with van der Waals surface area (Å²) in [5.74, 6) is 0.983. The summed E-state index contributed by atoms with van der Waals surface area (Å²) < 4.78 is 0. The molecule has 0 aliphatic heterocycles. The number of likely N-dealkylation sites (N-methyl/N-ethyl adjacent to an activating group) is 1. The summed E-state index contributed by atoms with van der Waals surface area (Å²) in [5, 5.41) is 12.6. The molecule has 0 heterocycles. The van der Waals surface area contributed by atoms with E-state index in [4.69, 9.17) is 5.11 Å². The molecule has 3 heteroatoms. The molecule has 2 fully saturated rings. The second kappa shape index (κ2) is 5.99. The van der Waals surface area contributed by atoms with E-state index in [9.17, 15) is 0 Å². The Morgan fingerprint density at radius 3 is 2.56 bits per heavy atom. The standard InChI is InChI=1S/C13H26N2O/c1-2-14-12(7-8-16)10-15(13-5-6-13)9-11-3-4-11/h11-14,16H,2-10H2,1H3. The van der Waals surface area contributed by atoms with E-state index in [2.05, 4.69) is 17.1 Å². The minimum atomic E-state index is 0.305. The SMILES string of the molecule is CCNC(CCO)CN(CC1CC1)C1CC1. The Bertz CT molecular complexity index is 196. The molecule has 2 saturated carbocycles. The summed E-state index contributed by atoms with van der Waals surface area (Å²) in [7, 11) is 0. The van der Waals surface area contributed by atoms with E-state index in [1.54, 1.807) is 0 Å². The van der Waals surface area contributed by atoms with Crippen LogP contribution in [0.5, 0.6) is 0 Å². The number of hydrogen-bond acceptors (Lipinski definition) is 3. The second-order valence-electron chi connectivity index (χ2n) is 5.40. The summed E-state index contributed by atoms with van der Waals surface area (Å²) in [6, 6.07) is 1.34. The lowest BCUT2D eigenvalue weighted by Crippen LogP contribution is -2.43. The molecular formula is C13H26N2O. The van der Waals surface area contributed by atoms with Crippen molar-refractivity contribution in [2.24, 2.45) is 5.92 Å². The molecule has 0 aromatic heterocycles. The van der Waals surface area contributed by atoms with Gasteiger partial charge in [0.15, 0.2) is 0 Å². The van der Waals surface area contributed by atoms with Gasteiger partial charge in [0.1, 0.15) is 0 Å². The predicted octanol–water partition coefficient (Wildman–Crippen LogP) is 1.22. The van der Waals surface area contributed by atoms with Crippen LogP contribution in [0.4, 0.5) is 0 Å². The van der Waals surface area contributed by atoms with Gasteiger partial charge in [-0.05, 0) is 44.6 Å². The summed E-state index contributed by atoms with van der Waals surface area (Å²) in [6.45, 7) is 5.90. The molecule has 1 unspecified atom stereocenters. The number of nitrogens with zero attached hydrogens (tertiary/aromatic N) is 1. The van der Waals surface area contributed by atoms with Gasteiger partial charge >= 0.3 is 0 Å². The zero-order valence-electron chi connectivity index (χ0n) is 10.5. The van der Waals surface area contributed by atoms with E-state index < -0.39 is 0 Å². The lowest BCUT2D eigenvalue weighted by atomic mass is 10.2. The minimum Gasteiger partial charge on any atom is -0.396 e. The average Bonchev–Trinajstić information content (AvgIpc) is 3.12. The summed E-state index contributed by atoms with van der Waals surface area (Å²) >= 11 is 0. The zero-order chi connectivity index (χ0) is 11.4. The molecule has 1 atom stereocenters. The highest BCUT2D eigenvalue weighted by Crippen LogP contribution is 2.34. The highest BCUT2D eigenvalue weighted by atomic mass is 16.3. The summed E-state index contributed by atoms with van der Waals surface area (Å²) in [5.41, 5.74) is 0. The van der Waals surface area contributed by atoms with E-state index in [1.165, 1.54) is 32.2 Å². The molecule has 16 heavy (non-hydrogen) atoms. The lowest BCUT2D eigenvalue weighted by Gasteiger charge is -2.27. The average molecular weight is 226 g/mol. The molecular weight excluding hydrogens is 200 g/mol.